The van der Waals surface area contributed by atoms with Crippen molar-refractivity contribution in [2.75, 3.05) is 13.1 Å². The van der Waals surface area contributed by atoms with Gasteiger partial charge in [0.05, 0.1) is 0 Å². The van der Waals surface area contributed by atoms with Crippen molar-refractivity contribution >= 4 is 18.3 Å². The molecule has 3 N–H and O–H groups in total. The van der Waals surface area contributed by atoms with E-state index in [1.807, 2.05) is 0 Å². The molecular formula is C7H14ClF3N2O. The van der Waals surface area contributed by atoms with E-state index in [9.17, 15) is 18.0 Å². The minimum Gasteiger partial charge on any atom is -0.348 e. The van der Waals surface area contributed by atoms with Crippen LogP contribution in [0.15, 0.2) is 0 Å². The number of rotatable bonds is 5. The van der Waals surface area contributed by atoms with E-state index in [-0.39, 0.29) is 19.0 Å². The first-order valence-corrected chi connectivity index (χ1v) is 4.03. The van der Waals surface area contributed by atoms with E-state index in [1.54, 1.807) is 5.32 Å². The largest absolute Gasteiger partial charge is 0.471 e. The number of unbranched alkanes of at least 4 members (excludes halogenated alkanes) is 2. The van der Waals surface area contributed by atoms with Gasteiger partial charge in [0, 0.05) is 6.54 Å². The third kappa shape index (κ3) is 8.12. The van der Waals surface area contributed by atoms with Gasteiger partial charge in [-0.3, -0.25) is 4.79 Å². The summed E-state index contributed by atoms with van der Waals surface area (Å²) >= 11 is 0. The first-order chi connectivity index (χ1) is 5.98. The van der Waals surface area contributed by atoms with Gasteiger partial charge >= 0.3 is 12.1 Å². The third-order valence-electron chi connectivity index (χ3n) is 1.42. The lowest BCUT2D eigenvalue weighted by atomic mass is 10.2. The Kier molecular flexibility index (Phi) is 8.97. The van der Waals surface area contributed by atoms with Crippen molar-refractivity contribution in [2.24, 2.45) is 5.73 Å². The molecule has 86 valence electrons. The summed E-state index contributed by atoms with van der Waals surface area (Å²) in [6.45, 7) is 0.575. The fourth-order valence-electron chi connectivity index (χ4n) is 0.748. The number of amides is 1. The van der Waals surface area contributed by atoms with Crippen molar-refractivity contribution in [1.82, 2.24) is 5.32 Å². The number of hydrogen-bond donors (Lipinski definition) is 2. The maximum Gasteiger partial charge on any atom is 0.471 e. The zero-order valence-electron chi connectivity index (χ0n) is 7.56. The Balaban J connectivity index is 0. The average Bonchev–Trinajstić information content (AvgIpc) is 2.02. The SMILES string of the molecule is Cl.NCCCCCNC(=O)C(F)(F)F. The topological polar surface area (TPSA) is 55.1 Å². The van der Waals surface area contributed by atoms with Crippen LogP contribution in [0.2, 0.25) is 0 Å². The number of alkyl halides is 3. The quantitative estimate of drug-likeness (QED) is 0.703. The Bertz CT molecular complexity index is 164. The molecule has 3 nitrogen and oxygen atoms in total. The van der Waals surface area contributed by atoms with Crippen LogP contribution in [0.25, 0.3) is 0 Å². The summed E-state index contributed by atoms with van der Waals surface area (Å²) in [5.74, 6) is -1.87. The van der Waals surface area contributed by atoms with E-state index in [1.165, 1.54) is 0 Å². The van der Waals surface area contributed by atoms with Crippen molar-refractivity contribution < 1.29 is 18.0 Å². The molecule has 0 aliphatic rings. The highest BCUT2D eigenvalue weighted by atomic mass is 35.5. The molecule has 0 saturated heterocycles. The van der Waals surface area contributed by atoms with E-state index in [2.05, 4.69) is 0 Å². The van der Waals surface area contributed by atoms with Crippen LogP contribution in [0.5, 0.6) is 0 Å². The molecule has 0 aromatic rings. The molecule has 0 unspecified atom stereocenters. The van der Waals surface area contributed by atoms with Gasteiger partial charge < -0.3 is 11.1 Å². The number of hydrogen-bond acceptors (Lipinski definition) is 2. The Hall–Kier alpha value is -0.490. The highest BCUT2D eigenvalue weighted by molar-refractivity contribution is 5.85. The summed E-state index contributed by atoms with van der Waals surface area (Å²) in [6, 6.07) is 0. The Morgan fingerprint density at radius 3 is 2.21 bits per heavy atom. The molecule has 0 bridgehead atoms. The highest BCUT2D eigenvalue weighted by Gasteiger charge is 2.37. The van der Waals surface area contributed by atoms with E-state index >= 15 is 0 Å². The summed E-state index contributed by atoms with van der Waals surface area (Å²) in [5.41, 5.74) is 5.17. The molecule has 0 spiro atoms. The Morgan fingerprint density at radius 1 is 1.21 bits per heavy atom. The summed E-state index contributed by atoms with van der Waals surface area (Å²) in [6.07, 6.45) is -2.75. The lowest BCUT2D eigenvalue weighted by Gasteiger charge is -2.06. The van der Waals surface area contributed by atoms with Crippen LogP contribution in [-0.2, 0) is 4.79 Å². The molecule has 0 radical (unpaired) electrons. The first-order valence-electron chi connectivity index (χ1n) is 4.03. The van der Waals surface area contributed by atoms with Gasteiger partial charge in [-0.15, -0.1) is 12.4 Å². The van der Waals surface area contributed by atoms with Crippen LogP contribution in [0.1, 0.15) is 19.3 Å². The fraction of sp³-hybridized carbons (Fsp3) is 0.857. The minimum absolute atomic E-state index is 0. The molecule has 0 atom stereocenters. The van der Waals surface area contributed by atoms with Gasteiger partial charge in [-0.2, -0.15) is 13.2 Å². The average molecular weight is 235 g/mol. The molecule has 0 fully saturated rings. The molecule has 1 amide bonds. The molecule has 7 heteroatoms. The van der Waals surface area contributed by atoms with Crippen LogP contribution in [0.4, 0.5) is 13.2 Å². The van der Waals surface area contributed by atoms with Crippen molar-refractivity contribution in [1.29, 1.82) is 0 Å². The number of nitrogens with one attached hydrogen (secondary N) is 1. The lowest BCUT2D eigenvalue weighted by Crippen LogP contribution is -2.37. The second kappa shape index (κ2) is 7.87. The molecule has 0 aliphatic heterocycles. The maximum absolute atomic E-state index is 11.6. The van der Waals surface area contributed by atoms with E-state index in [4.69, 9.17) is 5.73 Å². The van der Waals surface area contributed by atoms with Crippen LogP contribution in [-0.4, -0.2) is 25.2 Å². The van der Waals surface area contributed by atoms with Crippen molar-refractivity contribution in [3.05, 3.63) is 0 Å². The van der Waals surface area contributed by atoms with Crippen molar-refractivity contribution in [3.63, 3.8) is 0 Å². The fourth-order valence-corrected chi connectivity index (χ4v) is 0.748. The normalized spacial score (nSPS) is 10.6. The summed E-state index contributed by atoms with van der Waals surface area (Å²) < 4.78 is 34.8. The van der Waals surface area contributed by atoms with Gasteiger partial charge in [-0.25, -0.2) is 0 Å². The molecular weight excluding hydrogens is 221 g/mol. The molecule has 0 aromatic heterocycles. The third-order valence-corrected chi connectivity index (χ3v) is 1.42. The Labute approximate surface area is 86.6 Å². The van der Waals surface area contributed by atoms with Gasteiger partial charge in [0.2, 0.25) is 0 Å². The predicted molar refractivity (Wildman–Crippen MR) is 49.2 cm³/mol. The van der Waals surface area contributed by atoms with E-state index in [0.717, 1.165) is 12.8 Å². The number of carbonyl (C=O) groups is 1. The van der Waals surface area contributed by atoms with Crippen LogP contribution >= 0.6 is 12.4 Å². The monoisotopic (exact) mass is 234 g/mol. The van der Waals surface area contributed by atoms with Crippen LogP contribution in [0.3, 0.4) is 0 Å². The van der Waals surface area contributed by atoms with Gasteiger partial charge in [0.25, 0.3) is 0 Å². The number of halogens is 4. The van der Waals surface area contributed by atoms with Crippen LogP contribution < -0.4 is 11.1 Å². The maximum atomic E-state index is 11.6. The molecule has 0 rings (SSSR count). The van der Waals surface area contributed by atoms with Gasteiger partial charge in [-0.1, -0.05) is 6.42 Å². The zero-order chi connectivity index (χ0) is 10.3. The minimum atomic E-state index is -4.77. The Morgan fingerprint density at radius 2 is 1.79 bits per heavy atom. The van der Waals surface area contributed by atoms with E-state index < -0.39 is 12.1 Å². The summed E-state index contributed by atoms with van der Waals surface area (Å²) in [5, 5.41) is 1.78. The molecule has 0 heterocycles. The van der Waals surface area contributed by atoms with Gasteiger partial charge in [-0.05, 0) is 19.4 Å². The lowest BCUT2D eigenvalue weighted by molar-refractivity contribution is -0.173. The van der Waals surface area contributed by atoms with Crippen molar-refractivity contribution in [2.45, 2.75) is 25.4 Å². The summed E-state index contributed by atoms with van der Waals surface area (Å²) in [4.78, 5) is 10.2. The smallest absolute Gasteiger partial charge is 0.348 e. The highest BCUT2D eigenvalue weighted by Crippen LogP contribution is 2.13. The number of carbonyl (C=O) groups excluding carboxylic acids is 1. The second-order valence-corrected chi connectivity index (χ2v) is 2.60. The predicted octanol–water partition coefficient (Wildman–Crippen LogP) is 1.22. The summed E-state index contributed by atoms with van der Waals surface area (Å²) in [7, 11) is 0. The van der Waals surface area contributed by atoms with Gasteiger partial charge in [0.15, 0.2) is 0 Å². The molecule has 0 aliphatic carbocycles. The van der Waals surface area contributed by atoms with E-state index in [0.29, 0.717) is 13.0 Å². The second-order valence-electron chi connectivity index (χ2n) is 2.60. The molecule has 0 saturated carbocycles. The first kappa shape index (κ1) is 16.0. The van der Waals surface area contributed by atoms with Crippen LogP contribution in [0, 0.1) is 0 Å². The van der Waals surface area contributed by atoms with Gasteiger partial charge in [0.1, 0.15) is 0 Å². The van der Waals surface area contributed by atoms with Crippen molar-refractivity contribution in [3.8, 4) is 0 Å². The standard InChI is InChI=1S/C7H13F3N2O.ClH/c8-7(9,10)6(13)12-5-3-1-2-4-11;/h1-5,11H2,(H,12,13);1H. The molecule has 0 aromatic carbocycles. The zero-order valence-corrected chi connectivity index (χ0v) is 8.38. The molecule has 14 heavy (non-hydrogen) atoms. The number of nitrogens with two attached hydrogens (primary N) is 1.